The van der Waals surface area contributed by atoms with Crippen molar-refractivity contribution in [2.75, 3.05) is 27.7 Å². The molecule has 7 atom stereocenters. The highest BCUT2D eigenvalue weighted by Gasteiger charge is 2.78. The Hall–Kier alpha value is -4.24. The van der Waals surface area contributed by atoms with Gasteiger partial charge in [0.05, 0.1) is 31.5 Å². The molecule has 3 saturated heterocycles. The van der Waals surface area contributed by atoms with Gasteiger partial charge in [0.15, 0.2) is 11.2 Å². The summed E-state index contributed by atoms with van der Waals surface area (Å²) in [6.45, 7) is 11.4. The lowest BCUT2D eigenvalue weighted by atomic mass is 9.47. The number of methoxy groups -OCH3 is 3. The first-order valence-electron chi connectivity index (χ1n) is 35.2. The van der Waals surface area contributed by atoms with E-state index >= 15 is 0 Å². The number of aromatic hydroxyl groups is 2. The van der Waals surface area contributed by atoms with E-state index in [1.807, 2.05) is 41.5 Å². The second-order valence-electron chi connectivity index (χ2n) is 24.5. The fourth-order valence-corrected chi connectivity index (χ4v) is 17.5. The SMILES string of the molecule is C.C.C.CC.CC.CC.O=C1C2CC3CC(C2)CC1C3.[2H]C([2H])([2H])OC(=O)c1cccc(O)c1.[2H]C([2H])([2H])OC1(c2cccc(O)c2)OOC12C1CC3CC(C1)CC2C3.[2H]C([2H])([2H])OC1(c2cccc(O[C@@H]3OC(CO)[C@H](O)[C@H](O)C3O)c2)OOC12C1CC3CC(C1)CC2C3. The molecule has 12 saturated carbocycles. The number of aliphatic hydroxyl groups excluding tert-OH is 4. The van der Waals surface area contributed by atoms with E-state index in [1.54, 1.807) is 42.5 Å². The van der Waals surface area contributed by atoms with Crippen molar-refractivity contribution in [3.05, 3.63) is 89.5 Å². The molecule has 3 aromatic carbocycles. The lowest BCUT2D eigenvalue weighted by molar-refractivity contribution is -0.645. The predicted octanol–water partition coefficient (Wildman–Crippen LogP) is 12.3. The quantitative estimate of drug-likeness (QED) is 0.0908. The number of hydrogen-bond donors (Lipinski definition) is 6. The molecule has 3 heterocycles. The summed E-state index contributed by atoms with van der Waals surface area (Å²) in [5.74, 6) is 2.76. The molecule has 17 heteroatoms. The zero-order valence-corrected chi connectivity index (χ0v) is 48.7. The van der Waals surface area contributed by atoms with E-state index in [1.165, 1.54) is 69.2 Å². The normalized spacial score (nSPS) is 42.0. The first-order chi connectivity index (χ1) is 43.6. The largest absolute Gasteiger partial charge is 0.508 e. The molecule has 17 nitrogen and oxygen atoms in total. The fourth-order valence-electron chi connectivity index (χ4n) is 17.5. The number of phenolic OH excluding ortho intramolecular Hbond substituents is 2. The average Bonchev–Trinajstić information content (AvgIpc) is 0.676. The molecular formula is C69H106O17. The van der Waals surface area contributed by atoms with Crippen molar-refractivity contribution in [3.8, 4) is 17.2 Å². The minimum Gasteiger partial charge on any atom is -0.508 e. The molecule has 0 amide bonds. The molecule has 15 aliphatic rings. The van der Waals surface area contributed by atoms with Crippen LogP contribution in [0.15, 0.2) is 72.8 Å². The molecule has 3 aromatic rings. The first kappa shape index (κ1) is 58.2. The maximum absolute atomic E-state index is 11.6. The van der Waals surface area contributed by atoms with Crippen molar-refractivity contribution in [2.24, 2.45) is 71.0 Å². The van der Waals surface area contributed by atoms with Crippen LogP contribution in [0.4, 0.5) is 0 Å². The summed E-state index contributed by atoms with van der Waals surface area (Å²) in [6.07, 6.45) is 9.56. The molecule has 12 aliphatic carbocycles. The lowest BCUT2D eigenvalue weighted by Crippen LogP contribution is -2.76. The zero-order valence-electron chi connectivity index (χ0n) is 57.7. The number of ether oxygens (including phenoxy) is 5. The third-order valence-corrected chi connectivity index (χ3v) is 20.3. The summed E-state index contributed by atoms with van der Waals surface area (Å²) >= 11 is 0. The van der Waals surface area contributed by atoms with E-state index < -0.39 is 87.2 Å². The van der Waals surface area contributed by atoms with Gasteiger partial charge in [-0.15, -0.1) is 0 Å². The van der Waals surface area contributed by atoms with Gasteiger partial charge in [-0.3, -0.25) is 4.79 Å². The first-order valence-corrected chi connectivity index (χ1v) is 30.7. The number of ketones is 1. The number of hydrogen-bond acceptors (Lipinski definition) is 17. The Balaban J connectivity index is 0.000000210. The predicted molar refractivity (Wildman–Crippen MR) is 326 cm³/mol. The van der Waals surface area contributed by atoms with Crippen molar-refractivity contribution < 1.29 is 95.8 Å². The second-order valence-corrected chi connectivity index (χ2v) is 24.5. The molecule has 15 fully saturated rings. The lowest BCUT2D eigenvalue weighted by Gasteiger charge is -2.68. The molecule has 4 unspecified atom stereocenters. The number of carbonyl (C=O) groups excluding carboxylic acids is 2. The number of benzene rings is 3. The number of aliphatic hydroxyl groups is 4. The number of rotatable bonds is 8. The Morgan fingerprint density at radius 1 is 0.535 bits per heavy atom. The molecule has 86 heavy (non-hydrogen) atoms. The van der Waals surface area contributed by atoms with Gasteiger partial charge in [-0.1, -0.05) is 94.2 Å². The Labute approximate surface area is 525 Å². The van der Waals surface area contributed by atoms with Crippen LogP contribution in [0.3, 0.4) is 0 Å². The Bertz CT molecular complexity index is 2890. The summed E-state index contributed by atoms with van der Waals surface area (Å²) in [5, 5.41) is 58.9. The van der Waals surface area contributed by atoms with Crippen LogP contribution < -0.4 is 4.74 Å². The number of esters is 1. The van der Waals surface area contributed by atoms with Gasteiger partial charge in [0, 0.05) is 37.0 Å². The molecule has 484 valence electrons. The van der Waals surface area contributed by atoms with Crippen molar-refractivity contribution in [1.29, 1.82) is 0 Å². The Kier molecular flexibility index (Phi) is 20.0. The maximum Gasteiger partial charge on any atom is 0.337 e. The maximum atomic E-state index is 11.6. The number of phenols is 2. The van der Waals surface area contributed by atoms with Gasteiger partial charge < -0.3 is 54.3 Å². The summed E-state index contributed by atoms with van der Waals surface area (Å²) in [5.41, 5.74) is -0.790. The van der Waals surface area contributed by atoms with E-state index in [9.17, 15) is 35.1 Å². The van der Waals surface area contributed by atoms with Crippen LogP contribution in [-0.4, -0.2) is 112 Å². The Morgan fingerprint density at radius 3 is 1.35 bits per heavy atom. The smallest absolute Gasteiger partial charge is 0.337 e. The van der Waals surface area contributed by atoms with Crippen LogP contribution in [0.2, 0.25) is 0 Å². The number of Topliss-reactive ketones (excluding diaryl/α,β-unsaturated/α-hetero) is 1. The van der Waals surface area contributed by atoms with Gasteiger partial charge in [-0.05, 0) is 198 Å². The van der Waals surface area contributed by atoms with E-state index in [-0.39, 0.29) is 68.8 Å². The second kappa shape index (κ2) is 29.6. The molecule has 18 rings (SSSR count). The van der Waals surface area contributed by atoms with Crippen molar-refractivity contribution >= 4 is 11.8 Å². The minimum absolute atomic E-state index is 0. The van der Waals surface area contributed by atoms with Gasteiger partial charge in [-0.25, -0.2) is 14.6 Å². The van der Waals surface area contributed by atoms with Gasteiger partial charge in [-0.2, -0.15) is 9.78 Å². The van der Waals surface area contributed by atoms with Crippen molar-refractivity contribution in [1.82, 2.24) is 0 Å². The fraction of sp³-hybridized carbons (Fsp3) is 0.710. The summed E-state index contributed by atoms with van der Waals surface area (Å²) in [4.78, 5) is 45.6. The van der Waals surface area contributed by atoms with Crippen LogP contribution in [0.25, 0.3) is 0 Å². The van der Waals surface area contributed by atoms with E-state index in [0.717, 1.165) is 69.3 Å². The topological polar surface area (TPSA) is 239 Å². The van der Waals surface area contributed by atoms with Gasteiger partial charge in [0.25, 0.3) is 11.6 Å². The molecular weight excluding hydrogens is 1100 g/mol. The van der Waals surface area contributed by atoms with Crippen molar-refractivity contribution in [2.45, 2.75) is 214 Å². The monoisotopic (exact) mass is 1220 g/mol. The third kappa shape index (κ3) is 12.4. The van der Waals surface area contributed by atoms with Crippen LogP contribution in [-0.2, 0) is 54.9 Å². The molecule has 3 aliphatic heterocycles. The van der Waals surface area contributed by atoms with E-state index in [4.69, 9.17) is 55.9 Å². The third-order valence-electron chi connectivity index (χ3n) is 20.3. The highest BCUT2D eigenvalue weighted by molar-refractivity contribution is 5.89. The highest BCUT2D eigenvalue weighted by atomic mass is 17.3. The number of carbonyl (C=O) groups is 2. The summed E-state index contributed by atoms with van der Waals surface area (Å²) in [7, 11) is -8.15. The minimum atomic E-state index is -2.76. The van der Waals surface area contributed by atoms with Gasteiger partial charge >= 0.3 is 5.97 Å². The highest BCUT2D eigenvalue weighted by Crippen LogP contribution is 2.71. The van der Waals surface area contributed by atoms with Crippen LogP contribution in [0, 0.1) is 71.0 Å². The van der Waals surface area contributed by atoms with Gasteiger partial charge in [0.2, 0.25) is 6.29 Å². The van der Waals surface area contributed by atoms with Crippen LogP contribution in [0.5, 0.6) is 17.2 Å². The van der Waals surface area contributed by atoms with Gasteiger partial charge in [0.1, 0.15) is 47.4 Å². The zero-order chi connectivity index (χ0) is 67.1. The molecule has 0 aromatic heterocycles. The summed E-state index contributed by atoms with van der Waals surface area (Å²) in [6, 6.07) is 18.3. The van der Waals surface area contributed by atoms with Crippen LogP contribution in [0.1, 0.15) is 194 Å². The molecule has 2 spiro atoms. The molecule has 0 radical (unpaired) electrons. The average molecular weight is 1220 g/mol. The van der Waals surface area contributed by atoms with Crippen LogP contribution >= 0.6 is 0 Å². The summed E-state index contributed by atoms with van der Waals surface area (Å²) < 4.78 is 93.7. The molecule has 12 bridgehead atoms. The van der Waals surface area contributed by atoms with E-state index in [0.29, 0.717) is 52.4 Å². The Morgan fingerprint density at radius 2 is 0.953 bits per heavy atom. The standard InChI is InChI=1S/C24H32O9.C18H22O4.C10H14O.C8H8O3.3C2H6.3CH4/c1-29-24(23(32-33-24)15-6-12-5-13(8-15)9-16(23)7-12)14-3-2-4-17(10-14)30-22-21(28)20(27)19(26)18(11-25)31-22;1-20-18(13-3-2-4-16(19)10-13)17(21-22-18)14-6-11-5-12(8-14)9-15(17)7-11;11-10-8-2-6-1-7(4-8)5-9(10)3-6;1-11-8(10)6-3-2-4-7(9)5-6;3*1-2;;;/h2-4,10,12-13,15-16,18-22,25-28H,5-9,11H2,1H3;2-4,10-12,14-15,19H,5-9H2,1H3;6-9H,1-5H2;2-5,9H,1H3;3*1-2H3;3*1H4/t12?,13?,15?,16?,18?,19-,20-,21?,22+,23?,24?;;;;;;;;;/m0........./s1/i2*1D3;;1D3;;;;;;. The van der Waals surface area contributed by atoms with E-state index in [2.05, 4.69) is 4.74 Å². The molecule has 6 N–H and O–H groups in total. The van der Waals surface area contributed by atoms with Crippen molar-refractivity contribution in [3.63, 3.8) is 0 Å².